The largest absolute Gasteiger partial charge is 0.491 e. The molecule has 3 fully saturated rings. The van der Waals surface area contributed by atoms with Crippen LogP contribution in [0.3, 0.4) is 0 Å². The van der Waals surface area contributed by atoms with Gasteiger partial charge in [-0.3, -0.25) is 24.0 Å². The summed E-state index contributed by atoms with van der Waals surface area (Å²) in [5.74, 6) is -7.93. The molecule has 1 aromatic heterocycles. The summed E-state index contributed by atoms with van der Waals surface area (Å²) in [7, 11) is 3.07. The fourth-order valence-corrected chi connectivity index (χ4v) is 16.9. The van der Waals surface area contributed by atoms with Crippen molar-refractivity contribution in [2.45, 2.75) is 210 Å². The number of aromatic nitrogens is 1. The number of rotatable bonds is 39. The Balaban J connectivity index is 0.636. The van der Waals surface area contributed by atoms with E-state index in [2.05, 4.69) is 15.6 Å². The minimum Gasteiger partial charge on any atom is -0.491 e. The molecule has 34 heteroatoms. The van der Waals surface area contributed by atoms with E-state index in [1.54, 1.807) is 77.1 Å². The zero-order valence-corrected chi connectivity index (χ0v) is 76.2. The number of nitrogens with two attached hydrogens (primary N) is 2. The zero-order valence-electron chi connectivity index (χ0n) is 75.3. The molecule has 127 heavy (non-hydrogen) atoms. The van der Waals surface area contributed by atoms with Crippen LogP contribution >= 0.6 is 11.8 Å². The fraction of sp³-hybridized carbons (Fsp3) is 0.656. The fourth-order valence-electron chi connectivity index (χ4n) is 16.1. The van der Waals surface area contributed by atoms with Gasteiger partial charge in [-0.1, -0.05) is 70.2 Å². The van der Waals surface area contributed by atoms with Crippen LogP contribution in [0.5, 0.6) is 5.75 Å². The number of nitrogens with one attached hydrogen (secondary N) is 2. The number of nitrogen functional groups attached to an aromatic ring is 1. The molecule has 32 nitrogen and oxygen atoms in total. The standard InChI is InChI=1S/C93H138FN7O25S/c1-60-15-11-10-12-16-61(2)78(113-8)56-71-22-18-65(6)93(112,126-71)88(107)90(109)101-31-14-13-17-74(101)91(110)124-79(57-75(102)62(3)52-64(5)86(105)87(106)85(104)63(4)51-60)73(95)53-67-19-24-77(80(54-67)114-9)125-92(111)98-29-34-116-37-39-118-41-43-120-45-47-122-49-48-121-46-44-119-42-40-117-38-36-115-33-28-83(103)97-30-50-127-81-26-23-72(66(7)84(81)94)89(108)100-32-35-123-76-25-20-68(55-70(76)59-100)69-21-27-82(96)99-58-69/h10-12,15-16,20-21,23,25-27,52,55,58,60,62-63,65,67,71,73-75,77-80,86-87,102,105-106,112H,13-14,17-19,22,24,28-51,53-54,56-57,59,95H2,1-9H3,(H2,96,99)(H,97,103)(H,98,111)/b12-10?,15-11+,61-16?,64-52+/t60-,62-,63-,65-,67+,71+,73-,74+,75-,77-,78+,79+,80-,86-,87+,93-/m1/s1. The van der Waals surface area contributed by atoms with Crippen molar-refractivity contribution in [2.24, 2.45) is 35.3 Å². The topological polar surface area (TPSA) is 425 Å². The van der Waals surface area contributed by atoms with E-state index in [-0.39, 0.29) is 105 Å². The predicted molar refractivity (Wildman–Crippen MR) is 473 cm³/mol. The van der Waals surface area contributed by atoms with Gasteiger partial charge < -0.3 is 119 Å². The molecule has 1 saturated carbocycles. The number of fused-ring (bicyclic) bond motifs is 4. The highest BCUT2D eigenvalue weighted by atomic mass is 32.2. The van der Waals surface area contributed by atoms with Crippen molar-refractivity contribution in [2.75, 3.05) is 164 Å². The number of cyclic esters (lactones) is 1. The van der Waals surface area contributed by atoms with Gasteiger partial charge in [0.15, 0.2) is 5.78 Å². The molecule has 10 N–H and O–H groups in total. The average molecular weight is 1810 g/mol. The number of piperidine rings is 1. The highest BCUT2D eigenvalue weighted by Crippen LogP contribution is 2.39. The van der Waals surface area contributed by atoms with Gasteiger partial charge in [-0.05, 0) is 155 Å². The Bertz CT molecular complexity index is 4050. The van der Waals surface area contributed by atoms with Gasteiger partial charge in [0.05, 0.1) is 137 Å². The molecule has 4 aliphatic heterocycles. The lowest BCUT2D eigenvalue weighted by atomic mass is 9.80. The first-order valence-electron chi connectivity index (χ1n) is 44.7. The number of methoxy groups -OCH3 is 2. The van der Waals surface area contributed by atoms with E-state index in [1.165, 1.54) is 18.9 Å². The number of allylic oxidation sites excluding steroid dienone is 5. The number of aliphatic hydroxyl groups is 4. The Morgan fingerprint density at radius 1 is 0.693 bits per heavy atom. The van der Waals surface area contributed by atoms with Gasteiger partial charge >= 0.3 is 12.1 Å². The van der Waals surface area contributed by atoms with Crippen LogP contribution in [0.1, 0.15) is 146 Å². The minimum absolute atomic E-state index is 0.0124. The van der Waals surface area contributed by atoms with E-state index in [1.807, 2.05) is 68.5 Å². The van der Waals surface area contributed by atoms with E-state index in [4.69, 9.17) is 77.8 Å². The number of pyridine rings is 1. The van der Waals surface area contributed by atoms with Crippen LogP contribution in [-0.2, 0) is 92.1 Å². The Morgan fingerprint density at radius 2 is 1.35 bits per heavy atom. The number of Topliss-reactive ketones (excluding diaryl/α,β-unsaturated/α-hetero) is 2. The van der Waals surface area contributed by atoms with Gasteiger partial charge in [-0.2, -0.15) is 0 Å². The molecule has 708 valence electrons. The second-order valence-corrected chi connectivity index (χ2v) is 34.5. The number of benzene rings is 2. The Labute approximate surface area is 750 Å². The first-order chi connectivity index (χ1) is 61.1. The SMILES string of the molecule is CO[C@H]1C[C@@H]2CC[C@@H](C)[C@@](O)(O2)C(=O)C(=O)N2CCCC[C@H]2C(=O)O[C@H]([C@H](N)C[C@@H]2CC[C@@H](OC(=O)NCCOCCOCCOCCOCCOCCOCCOCCOCCC(=O)NCCSc3ccc(C(=O)N4CCOc5ccc(-c6ccc(N)nc6)cc5C4)c(C)c3F)[C@H](OC)C2)C[C@@H](O)[C@H](C)/C=C(\C)[C@@H](O)[C@@H](O)C(=O)[C@H](C)C[C@H](C)/C=C/C=CC=C1C. The second kappa shape index (κ2) is 55.5. The van der Waals surface area contributed by atoms with Crippen LogP contribution in [0, 0.1) is 42.3 Å². The molecule has 2 aromatic carbocycles. The molecule has 2 saturated heterocycles. The zero-order chi connectivity index (χ0) is 91.8. The van der Waals surface area contributed by atoms with Gasteiger partial charge in [0.2, 0.25) is 11.7 Å². The number of aliphatic hydroxyl groups excluding tert-OH is 3. The number of alkyl carbamates (subject to hydrolysis) is 1. The smallest absolute Gasteiger partial charge is 0.407 e. The molecule has 5 heterocycles. The van der Waals surface area contributed by atoms with Crippen LogP contribution in [0.25, 0.3) is 11.1 Å². The van der Waals surface area contributed by atoms with E-state index in [0.717, 1.165) is 27.2 Å². The summed E-state index contributed by atoms with van der Waals surface area (Å²) < 4.78 is 96.3. The van der Waals surface area contributed by atoms with E-state index in [9.17, 15) is 54.0 Å². The van der Waals surface area contributed by atoms with Crippen molar-refractivity contribution >= 4 is 58.9 Å². The maximum Gasteiger partial charge on any atom is 0.407 e. The third-order valence-corrected chi connectivity index (χ3v) is 24.7. The highest BCUT2D eigenvalue weighted by molar-refractivity contribution is 7.99. The lowest BCUT2D eigenvalue weighted by molar-refractivity contribution is -0.265. The Kier molecular flexibility index (Phi) is 45.7. The molecule has 0 radical (unpaired) electrons. The van der Waals surface area contributed by atoms with Crippen molar-refractivity contribution in [1.82, 2.24) is 25.4 Å². The number of esters is 1. The van der Waals surface area contributed by atoms with Crippen LogP contribution < -0.4 is 26.8 Å². The quantitative estimate of drug-likeness (QED) is 0.00874. The average Bonchev–Trinajstić information content (AvgIpc) is 0.891. The number of carbonyl (C=O) groups excluding carboxylic acids is 7. The summed E-state index contributed by atoms with van der Waals surface area (Å²) in [6, 6.07) is 10.5. The monoisotopic (exact) mass is 1800 g/mol. The van der Waals surface area contributed by atoms with Crippen LogP contribution in [0.15, 0.2) is 101 Å². The first kappa shape index (κ1) is 105. The normalized spacial score (nSPS) is 26.8. The molecule has 2 bridgehead atoms. The van der Waals surface area contributed by atoms with E-state index >= 15 is 4.39 Å². The third kappa shape index (κ3) is 33.9. The van der Waals surface area contributed by atoms with Crippen LogP contribution in [0.4, 0.5) is 15.0 Å². The summed E-state index contributed by atoms with van der Waals surface area (Å²) in [5, 5.41) is 52.1. The van der Waals surface area contributed by atoms with E-state index in [0.29, 0.717) is 186 Å². The maximum absolute atomic E-state index is 15.7. The molecular weight excluding hydrogens is 1670 g/mol. The molecule has 1 aliphatic carbocycles. The third-order valence-electron chi connectivity index (χ3n) is 23.7. The number of hydrogen-bond donors (Lipinski definition) is 8. The molecular formula is C93H138FN7O25S. The number of carbonyl (C=O) groups is 7. The summed E-state index contributed by atoms with van der Waals surface area (Å²) in [5.41, 5.74) is 17.0. The Hall–Kier alpha value is -7.72. The number of halogens is 1. The van der Waals surface area contributed by atoms with Crippen molar-refractivity contribution in [1.29, 1.82) is 0 Å². The van der Waals surface area contributed by atoms with Gasteiger partial charge in [0.25, 0.3) is 17.6 Å². The predicted octanol–water partition coefficient (Wildman–Crippen LogP) is 8.30. The molecule has 16 atom stereocenters. The van der Waals surface area contributed by atoms with Gasteiger partial charge in [0, 0.05) is 117 Å². The summed E-state index contributed by atoms with van der Waals surface area (Å²) in [6.45, 7) is 18.8. The molecule has 8 rings (SSSR count). The number of ether oxygens (including phenoxy) is 14. The van der Waals surface area contributed by atoms with Gasteiger partial charge in [-0.15, -0.1) is 11.8 Å². The number of amides is 4. The number of nitrogens with zero attached hydrogens (tertiary/aromatic N) is 3. The molecule has 0 spiro atoms. The molecule has 3 aromatic rings. The first-order valence-corrected chi connectivity index (χ1v) is 45.7. The van der Waals surface area contributed by atoms with Crippen molar-refractivity contribution < 1.29 is 125 Å². The number of ketones is 2. The molecule has 5 aliphatic rings. The lowest BCUT2D eigenvalue weighted by Crippen LogP contribution is -2.61. The molecule has 4 amide bonds. The van der Waals surface area contributed by atoms with Crippen molar-refractivity contribution in [3.05, 3.63) is 119 Å². The van der Waals surface area contributed by atoms with Crippen molar-refractivity contribution in [3.63, 3.8) is 0 Å². The maximum atomic E-state index is 15.7. The van der Waals surface area contributed by atoms with Crippen molar-refractivity contribution in [3.8, 4) is 16.9 Å². The lowest BCUT2D eigenvalue weighted by Gasteiger charge is -2.42. The number of hydrogen-bond acceptors (Lipinski definition) is 29. The van der Waals surface area contributed by atoms with Crippen LogP contribution in [0.2, 0.25) is 0 Å². The summed E-state index contributed by atoms with van der Waals surface area (Å²) in [6.07, 6.45) is 8.04. The number of thioether (sulfide) groups is 1. The second-order valence-electron chi connectivity index (χ2n) is 33.3. The number of anilines is 1. The van der Waals surface area contributed by atoms with E-state index < -0.39 is 120 Å². The highest BCUT2D eigenvalue weighted by Gasteiger charge is 2.53. The Morgan fingerprint density at radius 3 is 1.99 bits per heavy atom. The minimum atomic E-state index is -2.50. The van der Waals surface area contributed by atoms with Gasteiger partial charge in [0.1, 0.15) is 54.4 Å². The molecule has 0 unspecified atom stereocenters. The van der Waals surface area contributed by atoms with Crippen LogP contribution in [-0.4, -0.2) is 302 Å². The summed E-state index contributed by atoms with van der Waals surface area (Å²) >= 11 is 1.26. The summed E-state index contributed by atoms with van der Waals surface area (Å²) in [4.78, 5) is 104. The van der Waals surface area contributed by atoms with Gasteiger partial charge in [-0.25, -0.2) is 19.0 Å².